The molecule has 0 bridgehead atoms. The molecule has 1 aliphatic heterocycles. The molecule has 1 aliphatic carbocycles. The molecule has 0 aromatic carbocycles. The van der Waals surface area contributed by atoms with Crippen LogP contribution in [0.1, 0.15) is 25.7 Å². The third-order valence-corrected chi connectivity index (χ3v) is 5.32. The van der Waals surface area contributed by atoms with Gasteiger partial charge in [0.2, 0.25) is 0 Å². The summed E-state index contributed by atoms with van der Waals surface area (Å²) in [6.07, 6.45) is 2.23. The zero-order valence-corrected chi connectivity index (χ0v) is 11.2. The highest BCUT2D eigenvalue weighted by Gasteiger charge is 2.48. The third-order valence-electron chi connectivity index (χ3n) is 4.23. The minimum absolute atomic E-state index is 0.0351. The van der Waals surface area contributed by atoms with Gasteiger partial charge in [0, 0.05) is 5.92 Å². The van der Waals surface area contributed by atoms with Gasteiger partial charge in [0.1, 0.15) is 0 Å². The Morgan fingerprint density at radius 1 is 1.18 bits per heavy atom. The van der Waals surface area contributed by atoms with Crippen LogP contribution in [0.4, 0.5) is 0 Å². The molecule has 1 heterocycles. The van der Waals surface area contributed by atoms with Crippen LogP contribution in [0.3, 0.4) is 0 Å². The zero-order chi connectivity index (χ0) is 12.5. The molecule has 0 spiro atoms. The number of aliphatic hydroxyl groups excluding tert-OH is 1. The molecule has 0 aromatic heterocycles. The standard InChI is InChI=1S/C12H18Cl2N2O/c13-9-5-8(11(17)6-10(9)14)12(7-15)1-3-16-4-2-12/h8-11,16-17H,1-6H2. The Bertz CT molecular complexity index is 312. The van der Waals surface area contributed by atoms with Crippen molar-refractivity contribution >= 4 is 23.2 Å². The topological polar surface area (TPSA) is 56.0 Å². The summed E-state index contributed by atoms with van der Waals surface area (Å²) in [4.78, 5) is 0. The van der Waals surface area contributed by atoms with Crippen LogP contribution < -0.4 is 5.32 Å². The molecular formula is C12H18Cl2N2O. The molecule has 2 N–H and O–H groups in total. The van der Waals surface area contributed by atoms with Crippen LogP contribution in [0.15, 0.2) is 0 Å². The lowest BCUT2D eigenvalue weighted by atomic mass is 9.63. The van der Waals surface area contributed by atoms with Gasteiger partial charge in [-0.25, -0.2) is 0 Å². The molecule has 1 saturated carbocycles. The van der Waals surface area contributed by atoms with Crippen molar-refractivity contribution in [3.05, 3.63) is 0 Å². The quantitative estimate of drug-likeness (QED) is 0.719. The summed E-state index contributed by atoms with van der Waals surface area (Å²) in [7, 11) is 0. The maximum Gasteiger partial charge on any atom is 0.0694 e. The van der Waals surface area contributed by atoms with E-state index in [9.17, 15) is 10.4 Å². The summed E-state index contributed by atoms with van der Waals surface area (Å²) in [5, 5.41) is 22.6. The van der Waals surface area contributed by atoms with Gasteiger partial charge in [0.15, 0.2) is 0 Å². The lowest BCUT2D eigenvalue weighted by molar-refractivity contribution is 0.00114. The summed E-state index contributed by atoms with van der Waals surface area (Å²) >= 11 is 12.3. The number of rotatable bonds is 1. The van der Waals surface area contributed by atoms with Crippen molar-refractivity contribution in [1.29, 1.82) is 5.26 Å². The molecule has 2 rings (SSSR count). The van der Waals surface area contributed by atoms with Crippen molar-refractivity contribution < 1.29 is 5.11 Å². The molecular weight excluding hydrogens is 259 g/mol. The molecule has 4 atom stereocenters. The number of piperidine rings is 1. The summed E-state index contributed by atoms with van der Waals surface area (Å²) in [6.45, 7) is 1.68. The molecule has 17 heavy (non-hydrogen) atoms. The summed E-state index contributed by atoms with van der Waals surface area (Å²) in [5.74, 6) is -0.0351. The van der Waals surface area contributed by atoms with Gasteiger partial charge in [-0.15, -0.1) is 23.2 Å². The highest BCUT2D eigenvalue weighted by molar-refractivity contribution is 6.30. The van der Waals surface area contributed by atoms with E-state index in [1.54, 1.807) is 0 Å². The Morgan fingerprint density at radius 3 is 2.35 bits per heavy atom. The van der Waals surface area contributed by atoms with Crippen molar-refractivity contribution in [1.82, 2.24) is 5.32 Å². The van der Waals surface area contributed by atoms with Gasteiger partial charge in [-0.1, -0.05) is 0 Å². The Labute approximate surface area is 112 Å². The van der Waals surface area contributed by atoms with Gasteiger partial charge < -0.3 is 10.4 Å². The Hall–Kier alpha value is -0.0100. The maximum absolute atomic E-state index is 10.2. The second-order valence-electron chi connectivity index (χ2n) is 5.20. The minimum Gasteiger partial charge on any atom is -0.393 e. The number of alkyl halides is 2. The summed E-state index contributed by atoms with van der Waals surface area (Å²) < 4.78 is 0. The zero-order valence-electron chi connectivity index (χ0n) is 9.70. The highest BCUT2D eigenvalue weighted by atomic mass is 35.5. The van der Waals surface area contributed by atoms with E-state index >= 15 is 0 Å². The first kappa shape index (κ1) is 13.4. The van der Waals surface area contributed by atoms with Crippen LogP contribution in [0.2, 0.25) is 0 Å². The van der Waals surface area contributed by atoms with Gasteiger partial charge in [0.25, 0.3) is 0 Å². The number of hydrogen-bond donors (Lipinski definition) is 2. The Morgan fingerprint density at radius 2 is 1.76 bits per heavy atom. The second-order valence-corrected chi connectivity index (χ2v) is 6.32. The average molecular weight is 277 g/mol. The molecule has 5 heteroatoms. The van der Waals surface area contributed by atoms with E-state index in [1.807, 2.05) is 0 Å². The van der Waals surface area contributed by atoms with E-state index in [0.717, 1.165) is 25.9 Å². The summed E-state index contributed by atoms with van der Waals surface area (Å²) in [5.41, 5.74) is -0.422. The summed E-state index contributed by atoms with van der Waals surface area (Å²) in [6, 6.07) is 2.45. The largest absolute Gasteiger partial charge is 0.393 e. The Balaban J connectivity index is 2.16. The first-order valence-corrected chi connectivity index (χ1v) is 7.04. The van der Waals surface area contributed by atoms with E-state index in [4.69, 9.17) is 23.2 Å². The fraction of sp³-hybridized carbons (Fsp3) is 0.917. The van der Waals surface area contributed by atoms with Crippen molar-refractivity contribution in [2.45, 2.75) is 42.5 Å². The van der Waals surface area contributed by atoms with Gasteiger partial charge in [-0.05, 0) is 38.8 Å². The molecule has 1 saturated heterocycles. The smallest absolute Gasteiger partial charge is 0.0694 e. The van der Waals surface area contributed by atoms with Gasteiger partial charge in [-0.3, -0.25) is 0 Å². The van der Waals surface area contributed by atoms with Crippen molar-refractivity contribution in [3.63, 3.8) is 0 Å². The fourth-order valence-electron chi connectivity index (χ4n) is 3.12. The lowest BCUT2D eigenvalue weighted by Gasteiger charge is -2.45. The number of nitrogens with zero attached hydrogens (tertiary/aromatic N) is 1. The van der Waals surface area contributed by atoms with Gasteiger partial charge in [-0.2, -0.15) is 5.26 Å². The molecule has 2 aliphatic rings. The van der Waals surface area contributed by atoms with E-state index < -0.39 is 11.5 Å². The van der Waals surface area contributed by atoms with Crippen LogP contribution in [0.5, 0.6) is 0 Å². The van der Waals surface area contributed by atoms with Crippen LogP contribution in [-0.4, -0.2) is 35.1 Å². The van der Waals surface area contributed by atoms with E-state index in [0.29, 0.717) is 12.8 Å². The van der Waals surface area contributed by atoms with Gasteiger partial charge >= 0.3 is 0 Å². The second kappa shape index (κ2) is 5.32. The van der Waals surface area contributed by atoms with E-state index in [2.05, 4.69) is 11.4 Å². The molecule has 4 unspecified atom stereocenters. The first-order chi connectivity index (χ1) is 8.09. The SMILES string of the molecule is N#CC1(C2CC(Cl)C(Cl)CC2O)CCNCC1. The average Bonchev–Trinajstić information content (AvgIpc) is 2.34. The maximum atomic E-state index is 10.2. The monoisotopic (exact) mass is 276 g/mol. The molecule has 0 amide bonds. The Kier molecular flexibility index (Phi) is 4.20. The first-order valence-electron chi connectivity index (χ1n) is 6.17. The predicted octanol–water partition coefficient (Wildman–Crippen LogP) is 1.87. The number of nitriles is 1. The van der Waals surface area contributed by atoms with Crippen LogP contribution in [-0.2, 0) is 0 Å². The van der Waals surface area contributed by atoms with Crippen LogP contribution in [0, 0.1) is 22.7 Å². The third kappa shape index (κ3) is 2.56. The van der Waals surface area contributed by atoms with Crippen LogP contribution in [0.25, 0.3) is 0 Å². The molecule has 0 radical (unpaired) electrons. The molecule has 0 aromatic rings. The van der Waals surface area contributed by atoms with Crippen molar-refractivity contribution in [2.75, 3.05) is 13.1 Å². The van der Waals surface area contributed by atoms with E-state index in [1.165, 1.54) is 0 Å². The van der Waals surface area contributed by atoms with Crippen molar-refractivity contribution in [2.24, 2.45) is 11.3 Å². The van der Waals surface area contributed by atoms with E-state index in [-0.39, 0.29) is 16.7 Å². The van der Waals surface area contributed by atoms with Gasteiger partial charge in [0.05, 0.1) is 28.3 Å². The van der Waals surface area contributed by atoms with Crippen LogP contribution >= 0.6 is 23.2 Å². The molecule has 3 nitrogen and oxygen atoms in total. The lowest BCUT2D eigenvalue weighted by Crippen LogP contribution is -2.49. The normalized spacial score (nSPS) is 41.8. The number of aliphatic hydroxyl groups is 1. The molecule has 96 valence electrons. The molecule has 2 fully saturated rings. The minimum atomic E-state index is -0.495. The number of hydrogen-bond acceptors (Lipinski definition) is 3. The predicted molar refractivity (Wildman–Crippen MR) is 68.2 cm³/mol. The number of halogens is 2. The number of nitrogens with one attached hydrogen (secondary N) is 1. The fourth-order valence-corrected chi connectivity index (χ4v) is 3.70. The highest BCUT2D eigenvalue weighted by Crippen LogP contribution is 2.46. The van der Waals surface area contributed by atoms with Crippen molar-refractivity contribution in [3.8, 4) is 6.07 Å².